The maximum Gasteiger partial charge on any atom is 0.0696 e. The number of hydrogen-bond donors (Lipinski definition) is 1. The van der Waals surface area contributed by atoms with Crippen molar-refractivity contribution in [2.75, 3.05) is 0 Å². The van der Waals surface area contributed by atoms with Crippen molar-refractivity contribution in [3.05, 3.63) is 57.5 Å². The van der Waals surface area contributed by atoms with Gasteiger partial charge in [-0.15, -0.1) is 0 Å². The lowest BCUT2D eigenvalue weighted by Crippen LogP contribution is -1.85. The van der Waals surface area contributed by atoms with Gasteiger partial charge >= 0.3 is 0 Å². The maximum absolute atomic E-state index is 9.04. The van der Waals surface area contributed by atoms with E-state index in [0.29, 0.717) is 5.02 Å². The Morgan fingerprint density at radius 2 is 1.94 bits per heavy atom. The van der Waals surface area contributed by atoms with Crippen molar-refractivity contribution in [3.8, 4) is 0 Å². The molecule has 0 radical (unpaired) electrons. The first-order valence-corrected chi connectivity index (χ1v) is 7.01. The highest BCUT2D eigenvalue weighted by Gasteiger charge is 2.04. The molecule has 0 bridgehead atoms. The Hall–Kier alpha value is -0.480. The number of aliphatic hydroxyl groups excluding tert-OH is 1. The van der Waals surface area contributed by atoms with Crippen molar-refractivity contribution in [3.63, 3.8) is 0 Å². The van der Waals surface area contributed by atoms with E-state index in [0.717, 1.165) is 19.8 Å². The van der Waals surface area contributed by atoms with Crippen LogP contribution in [0.5, 0.6) is 0 Å². The summed E-state index contributed by atoms with van der Waals surface area (Å²) in [6, 6.07) is 13.7. The SMILES string of the molecule is OCc1ccc(Sc2ccccc2Br)cc1Cl. The quantitative estimate of drug-likeness (QED) is 0.877. The summed E-state index contributed by atoms with van der Waals surface area (Å²) in [5.74, 6) is 0. The van der Waals surface area contributed by atoms with E-state index in [9.17, 15) is 0 Å². The molecule has 0 atom stereocenters. The molecular weight excluding hydrogens is 320 g/mol. The molecule has 1 nitrogen and oxygen atoms in total. The zero-order valence-corrected chi connectivity index (χ0v) is 12.0. The smallest absolute Gasteiger partial charge is 0.0696 e. The predicted molar refractivity (Wildman–Crippen MR) is 75.6 cm³/mol. The third-order valence-corrected chi connectivity index (χ3v) is 4.63. The average Bonchev–Trinajstić information content (AvgIpc) is 2.32. The molecule has 1 N–H and O–H groups in total. The van der Waals surface area contributed by atoms with E-state index in [1.165, 1.54) is 0 Å². The van der Waals surface area contributed by atoms with E-state index >= 15 is 0 Å². The number of aliphatic hydroxyl groups is 1. The molecular formula is C13H10BrClOS. The highest BCUT2D eigenvalue weighted by molar-refractivity contribution is 9.10. The number of rotatable bonds is 3. The molecule has 0 aliphatic heterocycles. The van der Waals surface area contributed by atoms with E-state index < -0.39 is 0 Å². The number of hydrogen-bond acceptors (Lipinski definition) is 2. The third kappa shape index (κ3) is 3.26. The molecule has 4 heteroatoms. The third-order valence-electron chi connectivity index (χ3n) is 2.26. The van der Waals surface area contributed by atoms with Crippen LogP contribution in [0, 0.1) is 0 Å². The fourth-order valence-corrected chi connectivity index (χ4v) is 3.09. The summed E-state index contributed by atoms with van der Waals surface area (Å²) >= 11 is 11.2. The van der Waals surface area contributed by atoms with Crippen LogP contribution in [0.15, 0.2) is 56.7 Å². The van der Waals surface area contributed by atoms with Gasteiger partial charge < -0.3 is 5.11 Å². The standard InChI is InChI=1S/C13H10BrClOS/c14-11-3-1-2-4-13(11)17-10-6-5-9(8-16)12(15)7-10/h1-7,16H,8H2. The van der Waals surface area contributed by atoms with E-state index in [1.54, 1.807) is 11.8 Å². The van der Waals surface area contributed by atoms with Crippen LogP contribution in [-0.2, 0) is 6.61 Å². The van der Waals surface area contributed by atoms with E-state index in [1.807, 2.05) is 42.5 Å². The van der Waals surface area contributed by atoms with Gasteiger partial charge in [-0.25, -0.2) is 0 Å². The zero-order valence-electron chi connectivity index (χ0n) is 8.86. The normalized spacial score (nSPS) is 10.5. The van der Waals surface area contributed by atoms with Crippen molar-refractivity contribution in [1.29, 1.82) is 0 Å². The maximum atomic E-state index is 9.04. The number of halogens is 2. The summed E-state index contributed by atoms with van der Waals surface area (Å²) in [6.07, 6.45) is 0. The molecule has 0 spiro atoms. The van der Waals surface area contributed by atoms with Gasteiger partial charge in [-0.3, -0.25) is 0 Å². The van der Waals surface area contributed by atoms with Crippen molar-refractivity contribution >= 4 is 39.3 Å². The Morgan fingerprint density at radius 1 is 1.18 bits per heavy atom. The van der Waals surface area contributed by atoms with Crippen molar-refractivity contribution in [2.45, 2.75) is 16.4 Å². The second-order valence-electron chi connectivity index (χ2n) is 3.44. The van der Waals surface area contributed by atoms with Crippen LogP contribution in [0.2, 0.25) is 5.02 Å². The van der Waals surface area contributed by atoms with Gasteiger partial charge in [0.05, 0.1) is 6.61 Å². The van der Waals surface area contributed by atoms with Gasteiger partial charge in [-0.2, -0.15) is 0 Å². The minimum Gasteiger partial charge on any atom is -0.392 e. The zero-order chi connectivity index (χ0) is 12.3. The van der Waals surface area contributed by atoms with Gasteiger partial charge in [0, 0.05) is 19.3 Å². The van der Waals surface area contributed by atoms with Gasteiger partial charge in [-0.1, -0.05) is 41.6 Å². The lowest BCUT2D eigenvalue weighted by molar-refractivity contribution is 0.282. The molecule has 0 heterocycles. The van der Waals surface area contributed by atoms with Crippen LogP contribution < -0.4 is 0 Å². The molecule has 0 unspecified atom stereocenters. The van der Waals surface area contributed by atoms with Crippen LogP contribution in [-0.4, -0.2) is 5.11 Å². The lowest BCUT2D eigenvalue weighted by Gasteiger charge is -2.06. The monoisotopic (exact) mass is 328 g/mol. The lowest BCUT2D eigenvalue weighted by atomic mass is 10.2. The summed E-state index contributed by atoms with van der Waals surface area (Å²) in [5.41, 5.74) is 0.753. The Morgan fingerprint density at radius 3 is 2.59 bits per heavy atom. The summed E-state index contributed by atoms with van der Waals surface area (Å²) in [7, 11) is 0. The van der Waals surface area contributed by atoms with Crippen molar-refractivity contribution in [1.82, 2.24) is 0 Å². The largest absolute Gasteiger partial charge is 0.392 e. The van der Waals surface area contributed by atoms with Crippen LogP contribution >= 0.6 is 39.3 Å². The Kier molecular flexibility index (Phi) is 4.51. The molecule has 2 rings (SSSR count). The molecule has 0 aliphatic rings. The molecule has 0 aliphatic carbocycles. The average molecular weight is 330 g/mol. The fraction of sp³-hybridized carbons (Fsp3) is 0.0769. The highest BCUT2D eigenvalue weighted by Crippen LogP contribution is 2.34. The summed E-state index contributed by atoms with van der Waals surface area (Å²) in [4.78, 5) is 2.19. The summed E-state index contributed by atoms with van der Waals surface area (Å²) in [5, 5.41) is 9.65. The highest BCUT2D eigenvalue weighted by atomic mass is 79.9. The molecule has 0 saturated heterocycles. The number of benzene rings is 2. The van der Waals surface area contributed by atoms with E-state index in [4.69, 9.17) is 16.7 Å². The van der Waals surface area contributed by atoms with Crippen LogP contribution in [0.25, 0.3) is 0 Å². The van der Waals surface area contributed by atoms with E-state index in [-0.39, 0.29) is 6.61 Å². The van der Waals surface area contributed by atoms with Gasteiger partial charge in [-0.05, 0) is 45.8 Å². The predicted octanol–water partition coefficient (Wildman–Crippen LogP) is 4.75. The molecule has 0 amide bonds. The minimum absolute atomic E-state index is 0.0290. The Balaban J connectivity index is 2.25. The van der Waals surface area contributed by atoms with Gasteiger partial charge in [0.1, 0.15) is 0 Å². The molecule has 2 aromatic rings. The Bertz CT molecular complexity index is 531. The second-order valence-corrected chi connectivity index (χ2v) is 5.82. The first-order valence-electron chi connectivity index (χ1n) is 5.02. The van der Waals surface area contributed by atoms with E-state index in [2.05, 4.69) is 15.9 Å². The van der Waals surface area contributed by atoms with Crippen molar-refractivity contribution < 1.29 is 5.11 Å². The molecule has 2 aromatic carbocycles. The van der Waals surface area contributed by atoms with Crippen molar-refractivity contribution in [2.24, 2.45) is 0 Å². The second kappa shape index (κ2) is 5.91. The first-order chi connectivity index (χ1) is 8.20. The first kappa shape index (κ1) is 13.0. The Labute approximate surface area is 118 Å². The molecule has 0 saturated carbocycles. The minimum atomic E-state index is -0.0290. The van der Waals surface area contributed by atoms with Crippen LogP contribution in [0.1, 0.15) is 5.56 Å². The summed E-state index contributed by atoms with van der Waals surface area (Å²) in [6.45, 7) is -0.0290. The van der Waals surface area contributed by atoms with Crippen LogP contribution in [0.3, 0.4) is 0 Å². The molecule has 88 valence electrons. The van der Waals surface area contributed by atoms with Gasteiger partial charge in [0.25, 0.3) is 0 Å². The van der Waals surface area contributed by atoms with Gasteiger partial charge in [0.15, 0.2) is 0 Å². The van der Waals surface area contributed by atoms with Crippen LogP contribution in [0.4, 0.5) is 0 Å². The molecule has 0 aromatic heterocycles. The fourth-order valence-electron chi connectivity index (χ4n) is 1.37. The molecule has 17 heavy (non-hydrogen) atoms. The summed E-state index contributed by atoms with van der Waals surface area (Å²) < 4.78 is 1.06. The molecule has 0 fully saturated rings. The van der Waals surface area contributed by atoms with Gasteiger partial charge in [0.2, 0.25) is 0 Å². The topological polar surface area (TPSA) is 20.2 Å².